The Labute approximate surface area is 90.3 Å². The average molecular weight is 220 g/mol. The summed E-state index contributed by atoms with van der Waals surface area (Å²) in [6.07, 6.45) is 3.16. The van der Waals surface area contributed by atoms with Crippen LogP contribution in [0.3, 0.4) is 0 Å². The summed E-state index contributed by atoms with van der Waals surface area (Å²) in [5.74, 6) is -0.188. The maximum Gasteiger partial charge on any atom is 0.258 e. The van der Waals surface area contributed by atoms with Gasteiger partial charge in [-0.3, -0.25) is 9.78 Å². The number of pyridine rings is 1. The first kappa shape index (κ1) is 9.72. The van der Waals surface area contributed by atoms with Crippen molar-refractivity contribution in [2.45, 2.75) is 6.92 Å². The summed E-state index contributed by atoms with van der Waals surface area (Å²) >= 11 is 1.14. The Morgan fingerprint density at radius 3 is 3.07 bits per heavy atom. The lowest BCUT2D eigenvalue weighted by molar-refractivity contribution is 0.102. The maximum absolute atomic E-state index is 11.7. The molecule has 0 fully saturated rings. The Hall–Kier alpha value is -1.82. The van der Waals surface area contributed by atoms with Crippen LogP contribution in [-0.2, 0) is 0 Å². The van der Waals surface area contributed by atoms with Gasteiger partial charge in [0.15, 0.2) is 0 Å². The molecule has 2 rings (SSSR count). The van der Waals surface area contributed by atoms with Gasteiger partial charge in [0.25, 0.3) is 5.91 Å². The number of nitrogens with zero attached hydrogens (tertiary/aromatic N) is 3. The Morgan fingerprint density at radius 1 is 1.53 bits per heavy atom. The zero-order valence-electron chi connectivity index (χ0n) is 7.97. The molecule has 2 aromatic rings. The fourth-order valence-corrected chi connectivity index (χ4v) is 1.54. The van der Waals surface area contributed by atoms with Gasteiger partial charge in [0.05, 0.1) is 11.8 Å². The van der Waals surface area contributed by atoms with E-state index in [0.717, 1.165) is 11.5 Å². The Bertz CT molecular complexity index is 469. The van der Waals surface area contributed by atoms with Gasteiger partial charge in [-0.1, -0.05) is 4.49 Å². The van der Waals surface area contributed by atoms with E-state index in [9.17, 15) is 4.79 Å². The Balaban J connectivity index is 2.19. The fraction of sp³-hybridized carbons (Fsp3) is 0.111. The SMILES string of the molecule is Cc1ncccc1C(=O)Nc1cnns1. The number of hydrogen-bond donors (Lipinski definition) is 1. The summed E-state index contributed by atoms with van der Waals surface area (Å²) in [4.78, 5) is 15.8. The molecule has 0 unspecified atom stereocenters. The van der Waals surface area contributed by atoms with Crippen molar-refractivity contribution in [2.24, 2.45) is 0 Å². The lowest BCUT2D eigenvalue weighted by atomic mass is 10.2. The highest BCUT2D eigenvalue weighted by Gasteiger charge is 2.09. The second kappa shape index (κ2) is 4.14. The third-order valence-corrected chi connectivity index (χ3v) is 2.43. The number of amides is 1. The number of aromatic nitrogens is 3. The summed E-state index contributed by atoms with van der Waals surface area (Å²) in [6.45, 7) is 1.79. The van der Waals surface area contributed by atoms with E-state index in [4.69, 9.17) is 0 Å². The fourth-order valence-electron chi connectivity index (χ4n) is 1.13. The van der Waals surface area contributed by atoms with Gasteiger partial charge < -0.3 is 5.32 Å². The zero-order valence-corrected chi connectivity index (χ0v) is 8.78. The van der Waals surface area contributed by atoms with Crippen molar-refractivity contribution >= 4 is 22.4 Å². The van der Waals surface area contributed by atoms with Gasteiger partial charge >= 0.3 is 0 Å². The van der Waals surface area contributed by atoms with Crippen LogP contribution >= 0.6 is 11.5 Å². The largest absolute Gasteiger partial charge is 0.311 e. The van der Waals surface area contributed by atoms with Crippen LogP contribution in [0.4, 0.5) is 5.00 Å². The minimum atomic E-state index is -0.188. The highest BCUT2D eigenvalue weighted by Crippen LogP contribution is 2.12. The average Bonchev–Trinajstić information content (AvgIpc) is 2.71. The second-order valence-corrected chi connectivity index (χ2v) is 3.66. The zero-order chi connectivity index (χ0) is 10.7. The molecule has 0 radical (unpaired) electrons. The van der Waals surface area contributed by atoms with Gasteiger partial charge in [-0.2, -0.15) is 0 Å². The molecule has 2 aromatic heterocycles. The van der Waals surface area contributed by atoms with Gasteiger partial charge in [0.1, 0.15) is 5.00 Å². The molecule has 76 valence electrons. The predicted octanol–water partition coefficient (Wildman–Crippen LogP) is 1.49. The number of aryl methyl sites for hydroxylation is 1. The molecular weight excluding hydrogens is 212 g/mol. The van der Waals surface area contributed by atoms with Gasteiger partial charge in [-0.15, -0.1) is 5.10 Å². The first-order valence-electron chi connectivity index (χ1n) is 4.27. The Kier molecular flexibility index (Phi) is 2.68. The van der Waals surface area contributed by atoms with Crippen LogP contribution in [0.15, 0.2) is 24.5 Å². The number of rotatable bonds is 2. The Morgan fingerprint density at radius 2 is 2.40 bits per heavy atom. The quantitative estimate of drug-likeness (QED) is 0.832. The molecule has 0 aliphatic carbocycles. The summed E-state index contributed by atoms with van der Waals surface area (Å²) in [5.41, 5.74) is 1.26. The molecule has 0 aliphatic heterocycles. The molecule has 6 heteroatoms. The van der Waals surface area contributed by atoms with Crippen LogP contribution in [0.1, 0.15) is 16.1 Å². The summed E-state index contributed by atoms with van der Waals surface area (Å²) in [5, 5.41) is 6.95. The highest BCUT2D eigenvalue weighted by atomic mass is 32.1. The topological polar surface area (TPSA) is 67.8 Å². The first-order valence-corrected chi connectivity index (χ1v) is 5.05. The summed E-state index contributed by atoms with van der Waals surface area (Å²) < 4.78 is 3.65. The summed E-state index contributed by atoms with van der Waals surface area (Å²) in [6, 6.07) is 3.46. The van der Waals surface area contributed by atoms with Crippen molar-refractivity contribution in [3.8, 4) is 0 Å². The number of carbonyl (C=O) groups excluding carboxylic acids is 1. The van der Waals surface area contributed by atoms with E-state index in [0.29, 0.717) is 16.3 Å². The van der Waals surface area contributed by atoms with Crippen molar-refractivity contribution in [3.05, 3.63) is 35.8 Å². The predicted molar refractivity (Wildman–Crippen MR) is 56.8 cm³/mol. The van der Waals surface area contributed by atoms with Crippen LogP contribution in [-0.4, -0.2) is 20.5 Å². The third kappa shape index (κ3) is 2.16. The molecule has 1 N–H and O–H groups in total. The molecule has 0 bridgehead atoms. The normalized spacial score (nSPS) is 9.93. The molecule has 0 aromatic carbocycles. The molecule has 5 nitrogen and oxygen atoms in total. The van der Waals surface area contributed by atoms with Crippen molar-refractivity contribution < 1.29 is 4.79 Å². The van der Waals surface area contributed by atoms with Crippen molar-refractivity contribution in [3.63, 3.8) is 0 Å². The van der Waals surface area contributed by atoms with Gasteiger partial charge in [-0.25, -0.2) is 0 Å². The van der Waals surface area contributed by atoms with Gasteiger partial charge in [0.2, 0.25) is 0 Å². The molecular formula is C9H8N4OS. The molecule has 0 saturated heterocycles. The van der Waals surface area contributed by atoms with Gasteiger partial charge in [0, 0.05) is 23.4 Å². The van der Waals surface area contributed by atoms with E-state index >= 15 is 0 Å². The molecule has 2 heterocycles. The number of hydrogen-bond acceptors (Lipinski definition) is 5. The smallest absolute Gasteiger partial charge is 0.258 e. The van der Waals surface area contributed by atoms with Crippen molar-refractivity contribution in [1.82, 2.24) is 14.6 Å². The molecule has 1 amide bonds. The second-order valence-electron chi connectivity index (χ2n) is 2.87. The van der Waals surface area contributed by atoms with Crippen LogP contribution in [0.25, 0.3) is 0 Å². The van der Waals surface area contributed by atoms with E-state index in [1.165, 1.54) is 6.20 Å². The monoisotopic (exact) mass is 220 g/mol. The third-order valence-electron chi connectivity index (χ3n) is 1.85. The van der Waals surface area contributed by atoms with Crippen LogP contribution in [0, 0.1) is 6.92 Å². The molecule has 0 atom stereocenters. The van der Waals surface area contributed by atoms with Crippen LogP contribution in [0.5, 0.6) is 0 Å². The van der Waals surface area contributed by atoms with Crippen molar-refractivity contribution in [1.29, 1.82) is 0 Å². The number of nitrogens with one attached hydrogen (secondary N) is 1. The number of anilines is 1. The van der Waals surface area contributed by atoms with Gasteiger partial charge in [-0.05, 0) is 19.1 Å². The molecule has 15 heavy (non-hydrogen) atoms. The molecule has 0 spiro atoms. The lowest BCUT2D eigenvalue weighted by Crippen LogP contribution is -2.12. The maximum atomic E-state index is 11.7. The lowest BCUT2D eigenvalue weighted by Gasteiger charge is -2.03. The first-order chi connectivity index (χ1) is 7.27. The van der Waals surface area contributed by atoms with E-state index in [1.807, 2.05) is 0 Å². The van der Waals surface area contributed by atoms with Crippen molar-refractivity contribution in [2.75, 3.05) is 5.32 Å². The summed E-state index contributed by atoms with van der Waals surface area (Å²) in [7, 11) is 0. The standard InChI is InChI=1S/C9H8N4OS/c1-6-7(3-2-4-10-6)9(14)12-8-5-11-13-15-8/h2-5H,1H3,(H,12,14). The minimum absolute atomic E-state index is 0.188. The molecule has 0 saturated carbocycles. The molecule has 0 aliphatic rings. The van der Waals surface area contributed by atoms with Crippen LogP contribution < -0.4 is 5.32 Å². The number of carbonyl (C=O) groups is 1. The van der Waals surface area contributed by atoms with E-state index < -0.39 is 0 Å². The highest BCUT2D eigenvalue weighted by molar-refractivity contribution is 7.10. The van der Waals surface area contributed by atoms with Crippen LogP contribution in [0.2, 0.25) is 0 Å². The minimum Gasteiger partial charge on any atom is -0.311 e. The van der Waals surface area contributed by atoms with E-state index in [-0.39, 0.29) is 5.91 Å². The van der Waals surface area contributed by atoms with E-state index in [2.05, 4.69) is 19.9 Å². The van der Waals surface area contributed by atoms with E-state index in [1.54, 1.807) is 25.3 Å².